The van der Waals surface area contributed by atoms with E-state index in [-0.39, 0.29) is 18.1 Å². The van der Waals surface area contributed by atoms with E-state index in [9.17, 15) is 18.0 Å². The second-order valence-corrected chi connectivity index (χ2v) is 6.36. The zero-order chi connectivity index (χ0) is 19.3. The Kier molecular flexibility index (Phi) is 6.00. The average molecular weight is 384 g/mol. The fraction of sp³-hybridized carbons (Fsp3) is 0.444. The average Bonchev–Trinajstić information content (AvgIpc) is 3.25. The molecule has 1 aliphatic rings. The van der Waals surface area contributed by atoms with Crippen molar-refractivity contribution >= 4 is 5.91 Å². The van der Waals surface area contributed by atoms with E-state index in [1.54, 1.807) is 6.07 Å². The van der Waals surface area contributed by atoms with Crippen LogP contribution in [0.1, 0.15) is 23.4 Å². The first-order valence-electron chi connectivity index (χ1n) is 8.51. The number of hydrogen-bond acceptors (Lipinski definition) is 5. The van der Waals surface area contributed by atoms with Gasteiger partial charge in [0.05, 0.1) is 18.7 Å². The van der Waals surface area contributed by atoms with E-state index in [1.807, 2.05) is 0 Å². The maximum Gasteiger partial charge on any atom is 0.573 e. The predicted molar refractivity (Wildman–Crippen MR) is 88.1 cm³/mol. The molecular weight excluding hydrogens is 365 g/mol. The van der Waals surface area contributed by atoms with Crippen LogP contribution in [0.3, 0.4) is 0 Å². The van der Waals surface area contributed by atoms with Crippen molar-refractivity contribution in [2.75, 3.05) is 19.8 Å². The number of hydrogen-bond donors (Lipinski definition) is 1. The number of halogens is 3. The highest BCUT2D eigenvalue weighted by molar-refractivity contribution is 5.78. The summed E-state index contributed by atoms with van der Waals surface area (Å²) < 4.78 is 50.7. The monoisotopic (exact) mass is 384 g/mol. The van der Waals surface area contributed by atoms with Gasteiger partial charge in [-0.05, 0) is 24.1 Å². The third-order valence-corrected chi connectivity index (χ3v) is 4.10. The number of amides is 1. The Bertz CT molecular complexity index is 753. The van der Waals surface area contributed by atoms with Crippen LogP contribution >= 0.6 is 0 Å². The molecule has 0 aliphatic carbocycles. The summed E-state index contributed by atoms with van der Waals surface area (Å²) in [7, 11) is 0. The summed E-state index contributed by atoms with van der Waals surface area (Å²) in [6.07, 6.45) is -3.32. The third-order valence-electron chi connectivity index (χ3n) is 4.10. The summed E-state index contributed by atoms with van der Waals surface area (Å²) in [6, 6.07) is 7.16. The Hall–Kier alpha value is -2.55. The van der Waals surface area contributed by atoms with Crippen LogP contribution in [0.15, 0.2) is 34.9 Å². The molecule has 1 unspecified atom stereocenters. The second-order valence-electron chi connectivity index (χ2n) is 6.36. The molecule has 1 amide bonds. The smallest absolute Gasteiger partial charge is 0.406 e. The van der Waals surface area contributed by atoms with Crippen molar-refractivity contribution in [1.29, 1.82) is 0 Å². The van der Waals surface area contributed by atoms with Gasteiger partial charge in [0, 0.05) is 31.6 Å². The summed E-state index contributed by atoms with van der Waals surface area (Å²) in [5.41, 5.74) is 1.24. The lowest BCUT2D eigenvalue weighted by Crippen LogP contribution is -2.30. The molecule has 1 aliphatic heterocycles. The van der Waals surface area contributed by atoms with Gasteiger partial charge in [-0.2, -0.15) is 0 Å². The van der Waals surface area contributed by atoms with Crippen LogP contribution in [-0.2, 0) is 22.4 Å². The number of alkyl halides is 3. The molecule has 9 heteroatoms. The number of benzene rings is 1. The van der Waals surface area contributed by atoms with E-state index in [2.05, 4.69) is 15.2 Å². The maximum atomic E-state index is 12.2. The van der Waals surface area contributed by atoms with Crippen molar-refractivity contribution in [2.45, 2.75) is 25.6 Å². The molecule has 2 heterocycles. The summed E-state index contributed by atoms with van der Waals surface area (Å²) in [5, 5.41) is 6.71. The van der Waals surface area contributed by atoms with E-state index in [0.29, 0.717) is 36.9 Å². The van der Waals surface area contributed by atoms with Gasteiger partial charge in [0.15, 0.2) is 0 Å². The van der Waals surface area contributed by atoms with Crippen LogP contribution in [-0.4, -0.2) is 37.2 Å². The van der Waals surface area contributed by atoms with E-state index in [0.717, 1.165) is 18.6 Å². The van der Waals surface area contributed by atoms with Crippen molar-refractivity contribution in [3.05, 3.63) is 47.3 Å². The van der Waals surface area contributed by atoms with Gasteiger partial charge in [0.2, 0.25) is 5.91 Å². The molecule has 1 atom stereocenters. The van der Waals surface area contributed by atoms with Crippen molar-refractivity contribution in [1.82, 2.24) is 10.5 Å². The van der Waals surface area contributed by atoms with Gasteiger partial charge in [-0.3, -0.25) is 4.79 Å². The van der Waals surface area contributed by atoms with Crippen LogP contribution < -0.4 is 10.1 Å². The zero-order valence-electron chi connectivity index (χ0n) is 14.4. The molecule has 0 radical (unpaired) electrons. The van der Waals surface area contributed by atoms with Gasteiger partial charge in [0.1, 0.15) is 11.5 Å². The Morgan fingerprint density at radius 1 is 1.30 bits per heavy atom. The first kappa shape index (κ1) is 19.2. The fourth-order valence-corrected chi connectivity index (χ4v) is 2.76. The molecule has 0 bridgehead atoms. The van der Waals surface area contributed by atoms with Crippen LogP contribution in [0.25, 0.3) is 0 Å². The van der Waals surface area contributed by atoms with Crippen LogP contribution in [0, 0.1) is 5.92 Å². The standard InChI is InChI=1S/C18H19F3N2O4/c19-18(20,21)26-15-3-1-12(2-4-15)7-16-8-14(23-27-16)9-17(24)22-10-13-5-6-25-11-13/h1-4,8,13H,5-7,9-11H2,(H,22,24). The second kappa shape index (κ2) is 8.43. The molecule has 1 N–H and O–H groups in total. The largest absolute Gasteiger partial charge is 0.573 e. The first-order chi connectivity index (χ1) is 12.9. The van der Waals surface area contributed by atoms with Gasteiger partial charge < -0.3 is 19.3 Å². The zero-order valence-corrected chi connectivity index (χ0v) is 14.4. The number of nitrogens with one attached hydrogen (secondary N) is 1. The molecule has 0 spiro atoms. The molecule has 1 saturated heterocycles. The first-order valence-corrected chi connectivity index (χ1v) is 8.51. The van der Waals surface area contributed by atoms with E-state index >= 15 is 0 Å². The molecule has 1 fully saturated rings. The van der Waals surface area contributed by atoms with Crippen LogP contribution in [0.4, 0.5) is 13.2 Å². The SMILES string of the molecule is O=C(Cc1cc(Cc2ccc(OC(F)(F)F)cc2)on1)NCC1CCOC1. The number of nitrogens with zero attached hydrogens (tertiary/aromatic N) is 1. The van der Waals surface area contributed by atoms with Gasteiger partial charge in [-0.25, -0.2) is 0 Å². The molecule has 6 nitrogen and oxygen atoms in total. The summed E-state index contributed by atoms with van der Waals surface area (Å²) in [5.74, 6) is 0.446. The van der Waals surface area contributed by atoms with Gasteiger partial charge in [0.25, 0.3) is 0 Å². The van der Waals surface area contributed by atoms with Gasteiger partial charge >= 0.3 is 6.36 Å². The Morgan fingerprint density at radius 3 is 2.74 bits per heavy atom. The van der Waals surface area contributed by atoms with Gasteiger partial charge in [-0.15, -0.1) is 13.2 Å². The summed E-state index contributed by atoms with van der Waals surface area (Å²) in [6.45, 7) is 1.98. The molecule has 3 rings (SSSR count). The minimum absolute atomic E-state index is 0.107. The molecule has 1 aromatic carbocycles. The van der Waals surface area contributed by atoms with Crippen LogP contribution in [0.2, 0.25) is 0 Å². The number of rotatable bonds is 7. The lowest BCUT2D eigenvalue weighted by Gasteiger charge is -2.08. The Labute approximate surface area is 153 Å². The number of ether oxygens (including phenoxy) is 2. The number of aromatic nitrogens is 1. The molecule has 146 valence electrons. The van der Waals surface area contributed by atoms with Crippen molar-refractivity contribution < 1.29 is 32.0 Å². The van der Waals surface area contributed by atoms with E-state index in [4.69, 9.17) is 9.26 Å². The summed E-state index contributed by atoms with van der Waals surface area (Å²) in [4.78, 5) is 11.9. The number of carbonyl (C=O) groups is 1. The third kappa shape index (κ3) is 6.28. The topological polar surface area (TPSA) is 73.6 Å². The fourth-order valence-electron chi connectivity index (χ4n) is 2.76. The highest BCUT2D eigenvalue weighted by atomic mass is 19.4. The lowest BCUT2D eigenvalue weighted by molar-refractivity contribution is -0.274. The predicted octanol–water partition coefficient (Wildman–Crippen LogP) is 2.86. The van der Waals surface area contributed by atoms with Gasteiger partial charge in [-0.1, -0.05) is 17.3 Å². The van der Waals surface area contributed by atoms with Crippen molar-refractivity contribution in [2.24, 2.45) is 5.92 Å². The molecule has 27 heavy (non-hydrogen) atoms. The van der Waals surface area contributed by atoms with E-state index in [1.165, 1.54) is 24.3 Å². The normalized spacial score (nSPS) is 17.1. The maximum absolute atomic E-state index is 12.2. The van der Waals surface area contributed by atoms with Crippen LogP contribution in [0.5, 0.6) is 5.75 Å². The molecule has 2 aromatic rings. The lowest BCUT2D eigenvalue weighted by atomic mass is 10.1. The van der Waals surface area contributed by atoms with Crippen molar-refractivity contribution in [3.63, 3.8) is 0 Å². The quantitative estimate of drug-likeness (QED) is 0.795. The molecular formula is C18H19F3N2O4. The molecule has 0 saturated carbocycles. The van der Waals surface area contributed by atoms with E-state index < -0.39 is 6.36 Å². The van der Waals surface area contributed by atoms with Crippen molar-refractivity contribution in [3.8, 4) is 5.75 Å². The minimum Gasteiger partial charge on any atom is -0.406 e. The number of carbonyl (C=O) groups excluding carboxylic acids is 1. The minimum atomic E-state index is -4.72. The summed E-state index contributed by atoms with van der Waals surface area (Å²) >= 11 is 0. The Balaban J connectivity index is 1.47. The highest BCUT2D eigenvalue weighted by Gasteiger charge is 2.30. The Morgan fingerprint density at radius 2 is 2.07 bits per heavy atom. The highest BCUT2D eigenvalue weighted by Crippen LogP contribution is 2.23. The molecule has 1 aromatic heterocycles.